The lowest BCUT2D eigenvalue weighted by Crippen LogP contribution is -2.22. The predicted octanol–water partition coefficient (Wildman–Crippen LogP) is 4.50. The zero-order valence-corrected chi connectivity index (χ0v) is 13.6. The number of aryl methyl sites for hydroxylation is 1. The molecule has 0 aliphatic rings. The average molecular weight is 330 g/mol. The highest BCUT2D eigenvalue weighted by Crippen LogP contribution is 2.22. The molecule has 3 aromatic carbocycles. The highest BCUT2D eigenvalue weighted by atomic mass is 19.1. The predicted molar refractivity (Wildman–Crippen MR) is 97.5 cm³/mol. The largest absolute Gasteiger partial charge is 0.268 e. The van der Waals surface area contributed by atoms with Crippen molar-refractivity contribution in [1.29, 1.82) is 0 Å². The molecule has 4 heteroatoms. The van der Waals surface area contributed by atoms with Crippen molar-refractivity contribution in [3.8, 4) is 17.1 Å². The summed E-state index contributed by atoms with van der Waals surface area (Å²) in [5.74, 6) is 0.192. The minimum absolute atomic E-state index is 0.173. The van der Waals surface area contributed by atoms with Crippen LogP contribution in [0.1, 0.15) is 5.56 Å². The van der Waals surface area contributed by atoms with Crippen LogP contribution in [-0.4, -0.2) is 9.55 Å². The molecule has 0 aliphatic carbocycles. The number of fused-ring (bicyclic) bond motifs is 1. The van der Waals surface area contributed by atoms with Crippen molar-refractivity contribution in [3.63, 3.8) is 0 Å². The maximum Gasteiger partial charge on any atom is 0.266 e. The Morgan fingerprint density at radius 2 is 1.56 bits per heavy atom. The third kappa shape index (κ3) is 2.72. The number of para-hydroxylation sites is 1. The van der Waals surface area contributed by atoms with Gasteiger partial charge in [-0.25, -0.2) is 9.37 Å². The Morgan fingerprint density at radius 1 is 0.880 bits per heavy atom. The molecule has 0 saturated carbocycles. The Kier molecular flexibility index (Phi) is 3.65. The van der Waals surface area contributed by atoms with E-state index in [0.29, 0.717) is 22.4 Å². The van der Waals surface area contributed by atoms with E-state index in [2.05, 4.69) is 0 Å². The Balaban J connectivity index is 2.09. The molecular weight excluding hydrogens is 315 g/mol. The minimum Gasteiger partial charge on any atom is -0.268 e. The fraction of sp³-hybridized carbons (Fsp3) is 0.0476. The van der Waals surface area contributed by atoms with Crippen molar-refractivity contribution in [2.45, 2.75) is 6.92 Å². The molecule has 0 atom stereocenters. The van der Waals surface area contributed by atoms with Gasteiger partial charge in [-0.15, -0.1) is 0 Å². The molecule has 0 aliphatic heterocycles. The molecule has 0 saturated heterocycles. The number of halogens is 1. The summed E-state index contributed by atoms with van der Waals surface area (Å²) >= 11 is 0. The fourth-order valence-electron chi connectivity index (χ4n) is 2.86. The van der Waals surface area contributed by atoms with Crippen LogP contribution in [0.2, 0.25) is 0 Å². The van der Waals surface area contributed by atoms with Gasteiger partial charge in [-0.1, -0.05) is 42.0 Å². The van der Waals surface area contributed by atoms with Crippen LogP contribution in [-0.2, 0) is 0 Å². The van der Waals surface area contributed by atoms with Gasteiger partial charge in [0.2, 0.25) is 0 Å². The molecule has 1 heterocycles. The monoisotopic (exact) mass is 330 g/mol. The van der Waals surface area contributed by atoms with Gasteiger partial charge in [0.25, 0.3) is 5.56 Å². The van der Waals surface area contributed by atoms with Crippen molar-refractivity contribution < 1.29 is 4.39 Å². The first-order valence-corrected chi connectivity index (χ1v) is 7.98. The maximum atomic E-state index is 13.3. The van der Waals surface area contributed by atoms with E-state index in [0.717, 1.165) is 11.1 Å². The molecule has 0 amide bonds. The van der Waals surface area contributed by atoms with Gasteiger partial charge in [-0.2, -0.15) is 0 Å². The van der Waals surface area contributed by atoms with Crippen molar-refractivity contribution in [2.24, 2.45) is 0 Å². The zero-order valence-electron chi connectivity index (χ0n) is 13.6. The number of hydrogen-bond acceptors (Lipinski definition) is 2. The van der Waals surface area contributed by atoms with Crippen LogP contribution < -0.4 is 5.56 Å². The van der Waals surface area contributed by atoms with Crippen LogP contribution in [0.3, 0.4) is 0 Å². The topological polar surface area (TPSA) is 34.9 Å². The van der Waals surface area contributed by atoms with E-state index < -0.39 is 0 Å². The van der Waals surface area contributed by atoms with Gasteiger partial charge >= 0.3 is 0 Å². The summed E-state index contributed by atoms with van der Waals surface area (Å²) in [6.45, 7) is 2.00. The number of hydrogen-bond donors (Lipinski definition) is 0. The molecule has 0 radical (unpaired) electrons. The number of aromatic nitrogens is 2. The molecular formula is C21H15FN2O. The van der Waals surface area contributed by atoms with Crippen LogP contribution in [0, 0.1) is 12.7 Å². The molecule has 25 heavy (non-hydrogen) atoms. The lowest BCUT2D eigenvalue weighted by Gasteiger charge is -2.14. The second-order valence-electron chi connectivity index (χ2n) is 5.94. The van der Waals surface area contributed by atoms with Gasteiger partial charge in [-0.05, 0) is 43.3 Å². The van der Waals surface area contributed by atoms with Gasteiger partial charge in [0, 0.05) is 5.56 Å². The van der Waals surface area contributed by atoms with Crippen molar-refractivity contribution in [3.05, 3.63) is 94.5 Å². The second kappa shape index (κ2) is 5.98. The van der Waals surface area contributed by atoms with E-state index in [1.165, 1.54) is 16.7 Å². The minimum atomic E-state index is -0.345. The van der Waals surface area contributed by atoms with E-state index in [1.807, 2.05) is 49.4 Å². The van der Waals surface area contributed by atoms with Gasteiger partial charge in [0.15, 0.2) is 0 Å². The zero-order chi connectivity index (χ0) is 17.4. The molecule has 0 unspecified atom stereocenters. The standard InChI is InChI=1S/C21H15FN2O/c1-14-6-8-15(9-7-14)20-23-19-5-3-2-4-18(19)21(25)24(20)17-12-10-16(22)11-13-17/h2-13H,1H3. The lowest BCUT2D eigenvalue weighted by molar-refractivity contribution is 0.627. The lowest BCUT2D eigenvalue weighted by atomic mass is 10.1. The molecule has 0 fully saturated rings. The summed E-state index contributed by atoms with van der Waals surface area (Å²) in [4.78, 5) is 17.8. The molecule has 0 N–H and O–H groups in total. The summed E-state index contributed by atoms with van der Waals surface area (Å²) in [5.41, 5.74) is 3.01. The van der Waals surface area contributed by atoms with Crippen molar-refractivity contribution in [2.75, 3.05) is 0 Å². The van der Waals surface area contributed by atoms with E-state index >= 15 is 0 Å². The van der Waals surface area contributed by atoms with Gasteiger partial charge in [-0.3, -0.25) is 9.36 Å². The van der Waals surface area contributed by atoms with Crippen LogP contribution in [0.5, 0.6) is 0 Å². The third-order valence-electron chi connectivity index (χ3n) is 4.17. The molecule has 0 bridgehead atoms. The maximum absolute atomic E-state index is 13.3. The number of nitrogens with zero attached hydrogens (tertiary/aromatic N) is 2. The van der Waals surface area contributed by atoms with Crippen LogP contribution in [0.25, 0.3) is 28.0 Å². The molecule has 4 rings (SSSR count). The molecule has 3 nitrogen and oxygen atoms in total. The van der Waals surface area contributed by atoms with Gasteiger partial charge in [0.05, 0.1) is 16.6 Å². The van der Waals surface area contributed by atoms with Gasteiger partial charge < -0.3 is 0 Å². The third-order valence-corrected chi connectivity index (χ3v) is 4.17. The second-order valence-corrected chi connectivity index (χ2v) is 5.94. The average Bonchev–Trinajstić information content (AvgIpc) is 2.63. The highest BCUT2D eigenvalue weighted by molar-refractivity contribution is 5.80. The van der Waals surface area contributed by atoms with Crippen LogP contribution in [0.15, 0.2) is 77.6 Å². The summed E-state index contributed by atoms with van der Waals surface area (Å²) in [6, 6.07) is 20.9. The number of benzene rings is 3. The molecule has 122 valence electrons. The van der Waals surface area contributed by atoms with E-state index in [-0.39, 0.29) is 11.4 Å². The van der Waals surface area contributed by atoms with Crippen molar-refractivity contribution >= 4 is 10.9 Å². The Hall–Kier alpha value is -3.27. The van der Waals surface area contributed by atoms with Crippen molar-refractivity contribution in [1.82, 2.24) is 9.55 Å². The Morgan fingerprint density at radius 3 is 2.28 bits per heavy atom. The molecule has 4 aromatic rings. The van der Waals surface area contributed by atoms with E-state index in [9.17, 15) is 9.18 Å². The van der Waals surface area contributed by atoms with E-state index in [1.54, 1.807) is 18.2 Å². The Bertz CT molecular complexity index is 1110. The first-order valence-electron chi connectivity index (χ1n) is 7.98. The molecule has 1 aromatic heterocycles. The van der Waals surface area contributed by atoms with Crippen LogP contribution >= 0.6 is 0 Å². The Labute approximate surface area is 144 Å². The summed E-state index contributed by atoms with van der Waals surface area (Å²) < 4.78 is 14.9. The highest BCUT2D eigenvalue weighted by Gasteiger charge is 2.14. The summed E-state index contributed by atoms with van der Waals surface area (Å²) in [7, 11) is 0. The van der Waals surface area contributed by atoms with Gasteiger partial charge in [0.1, 0.15) is 11.6 Å². The smallest absolute Gasteiger partial charge is 0.266 e. The first kappa shape index (κ1) is 15.3. The fourth-order valence-corrected chi connectivity index (χ4v) is 2.86. The van der Waals surface area contributed by atoms with E-state index in [4.69, 9.17) is 4.98 Å². The quantitative estimate of drug-likeness (QED) is 0.542. The first-order chi connectivity index (χ1) is 12.1. The molecule has 0 spiro atoms. The normalized spacial score (nSPS) is 11.0. The number of rotatable bonds is 2. The van der Waals surface area contributed by atoms with Crippen LogP contribution in [0.4, 0.5) is 4.39 Å². The summed E-state index contributed by atoms with van der Waals surface area (Å²) in [5, 5.41) is 0.530. The SMILES string of the molecule is Cc1ccc(-c2nc3ccccc3c(=O)n2-c2ccc(F)cc2)cc1. The summed E-state index contributed by atoms with van der Waals surface area (Å²) in [6.07, 6.45) is 0.